The number of rotatable bonds is 6. The molecule has 0 radical (unpaired) electrons. The van der Waals surface area contributed by atoms with Crippen LogP contribution in [-0.4, -0.2) is 25.3 Å². The smallest absolute Gasteiger partial charge is 0.231 e. The average molecular weight is 299 g/mol. The summed E-state index contributed by atoms with van der Waals surface area (Å²) in [7, 11) is 0. The molecule has 0 saturated carbocycles. The second kappa shape index (κ2) is 6.81. The van der Waals surface area contributed by atoms with Gasteiger partial charge in [0.25, 0.3) is 0 Å². The van der Waals surface area contributed by atoms with Gasteiger partial charge in [0.1, 0.15) is 0 Å². The fourth-order valence-electron chi connectivity index (χ4n) is 1.95. The van der Waals surface area contributed by atoms with Gasteiger partial charge >= 0.3 is 0 Å². The molecule has 1 heterocycles. The third-order valence-electron chi connectivity index (χ3n) is 2.79. The van der Waals surface area contributed by atoms with E-state index in [1.54, 1.807) is 0 Å². The second-order valence-corrected chi connectivity index (χ2v) is 5.37. The highest BCUT2D eigenvalue weighted by Crippen LogP contribution is 2.39. The van der Waals surface area contributed by atoms with Crippen molar-refractivity contribution in [2.24, 2.45) is 0 Å². The van der Waals surface area contributed by atoms with Crippen molar-refractivity contribution in [2.75, 3.05) is 13.3 Å². The van der Waals surface area contributed by atoms with E-state index >= 15 is 0 Å². The summed E-state index contributed by atoms with van der Waals surface area (Å²) < 4.78 is 10.6. The van der Waals surface area contributed by atoms with Crippen LogP contribution >= 0.6 is 11.6 Å². The summed E-state index contributed by atoms with van der Waals surface area (Å²) in [5.41, 5.74) is 1.00. The Morgan fingerprint density at radius 1 is 1.40 bits per heavy atom. The normalized spacial score (nSPS) is 12.8. The Balaban J connectivity index is 1.78. The third-order valence-corrected chi connectivity index (χ3v) is 3.08. The zero-order valence-corrected chi connectivity index (χ0v) is 12.4. The molecule has 0 atom stereocenters. The molecule has 0 aliphatic carbocycles. The minimum atomic E-state index is 0.0521. The minimum absolute atomic E-state index is 0.0521. The monoisotopic (exact) mass is 298 g/mol. The van der Waals surface area contributed by atoms with Gasteiger partial charge in [-0.25, -0.2) is 0 Å². The molecule has 0 unspecified atom stereocenters. The van der Waals surface area contributed by atoms with Crippen LogP contribution in [0.5, 0.6) is 11.5 Å². The van der Waals surface area contributed by atoms with Crippen LogP contribution in [0, 0.1) is 0 Å². The van der Waals surface area contributed by atoms with Gasteiger partial charge in [-0.05, 0) is 31.5 Å². The van der Waals surface area contributed by atoms with Crippen molar-refractivity contribution < 1.29 is 14.3 Å². The van der Waals surface area contributed by atoms with Crippen LogP contribution in [0.15, 0.2) is 12.1 Å². The number of fused-ring (bicyclic) bond motifs is 1. The van der Waals surface area contributed by atoms with Crippen molar-refractivity contribution in [2.45, 2.75) is 32.9 Å². The predicted molar refractivity (Wildman–Crippen MR) is 77.2 cm³/mol. The lowest BCUT2D eigenvalue weighted by Crippen LogP contribution is -2.32. The lowest BCUT2D eigenvalue weighted by molar-refractivity contribution is -0.121. The van der Waals surface area contributed by atoms with E-state index in [0.29, 0.717) is 36.0 Å². The van der Waals surface area contributed by atoms with Gasteiger partial charge in [0.05, 0.1) is 5.02 Å². The summed E-state index contributed by atoms with van der Waals surface area (Å²) in [6.07, 6.45) is 0.455. The molecule has 0 aromatic heterocycles. The Morgan fingerprint density at radius 3 is 2.95 bits per heavy atom. The highest BCUT2D eigenvalue weighted by Gasteiger charge is 2.18. The van der Waals surface area contributed by atoms with Crippen molar-refractivity contribution in [3.05, 3.63) is 22.7 Å². The highest BCUT2D eigenvalue weighted by molar-refractivity contribution is 6.32. The van der Waals surface area contributed by atoms with Gasteiger partial charge in [0, 0.05) is 25.6 Å². The van der Waals surface area contributed by atoms with E-state index < -0.39 is 0 Å². The number of carbonyl (C=O) groups is 1. The first-order chi connectivity index (χ1) is 9.56. The molecule has 2 rings (SSSR count). The number of hydrogen-bond acceptors (Lipinski definition) is 4. The Bertz CT molecular complexity index is 492. The SMILES string of the molecule is CC(C)NC(=O)CCNCc1cc(Cl)c2c(c1)OCO2. The van der Waals surface area contributed by atoms with Gasteiger partial charge in [-0.3, -0.25) is 4.79 Å². The Kier molecular flexibility index (Phi) is 5.09. The lowest BCUT2D eigenvalue weighted by atomic mass is 10.2. The van der Waals surface area contributed by atoms with Gasteiger partial charge in [0.2, 0.25) is 12.7 Å². The van der Waals surface area contributed by atoms with E-state index in [-0.39, 0.29) is 18.7 Å². The van der Waals surface area contributed by atoms with Gasteiger partial charge < -0.3 is 20.1 Å². The van der Waals surface area contributed by atoms with E-state index in [9.17, 15) is 4.79 Å². The fourth-order valence-corrected chi connectivity index (χ4v) is 2.24. The number of halogens is 1. The van der Waals surface area contributed by atoms with E-state index in [1.807, 2.05) is 26.0 Å². The van der Waals surface area contributed by atoms with Crippen LogP contribution < -0.4 is 20.1 Å². The molecule has 1 aliphatic rings. The minimum Gasteiger partial charge on any atom is -0.454 e. The van der Waals surface area contributed by atoms with Crippen LogP contribution in [0.3, 0.4) is 0 Å². The number of nitrogens with one attached hydrogen (secondary N) is 2. The standard InChI is InChI=1S/C14H19ClN2O3/c1-9(2)17-13(18)3-4-16-7-10-5-11(15)14-12(6-10)19-8-20-14/h5-6,9,16H,3-4,7-8H2,1-2H3,(H,17,18). The first kappa shape index (κ1) is 14.9. The van der Waals surface area contributed by atoms with E-state index in [2.05, 4.69) is 10.6 Å². The first-order valence-corrected chi connectivity index (χ1v) is 7.02. The van der Waals surface area contributed by atoms with Crippen molar-refractivity contribution in [1.29, 1.82) is 0 Å². The molecule has 0 saturated heterocycles. The Morgan fingerprint density at radius 2 is 2.20 bits per heavy atom. The molecule has 1 aromatic carbocycles. The fraction of sp³-hybridized carbons (Fsp3) is 0.500. The van der Waals surface area contributed by atoms with Crippen LogP contribution in [0.4, 0.5) is 0 Å². The van der Waals surface area contributed by atoms with Gasteiger partial charge in [-0.15, -0.1) is 0 Å². The molecule has 0 spiro atoms. The maximum absolute atomic E-state index is 11.5. The number of amides is 1. The van der Waals surface area contributed by atoms with Gasteiger partial charge in [0.15, 0.2) is 11.5 Å². The van der Waals surface area contributed by atoms with E-state index in [0.717, 1.165) is 5.56 Å². The van der Waals surface area contributed by atoms with Crippen LogP contribution in [-0.2, 0) is 11.3 Å². The molecular formula is C14H19ClN2O3. The quantitative estimate of drug-likeness (QED) is 0.790. The molecule has 6 heteroatoms. The maximum Gasteiger partial charge on any atom is 0.231 e. The summed E-state index contributed by atoms with van der Waals surface area (Å²) in [5.74, 6) is 1.33. The first-order valence-electron chi connectivity index (χ1n) is 6.64. The predicted octanol–water partition coefficient (Wildman–Crippen LogP) is 2.07. The van der Waals surface area contributed by atoms with Gasteiger partial charge in [-0.1, -0.05) is 11.6 Å². The van der Waals surface area contributed by atoms with Crippen molar-refractivity contribution in [1.82, 2.24) is 10.6 Å². The molecule has 20 heavy (non-hydrogen) atoms. The molecule has 0 fully saturated rings. The molecule has 0 bridgehead atoms. The van der Waals surface area contributed by atoms with Crippen molar-refractivity contribution in [3.8, 4) is 11.5 Å². The zero-order chi connectivity index (χ0) is 14.5. The molecule has 1 amide bonds. The summed E-state index contributed by atoms with van der Waals surface area (Å²) >= 11 is 6.10. The Labute approximate surface area is 123 Å². The topological polar surface area (TPSA) is 59.6 Å². The average Bonchev–Trinajstić information content (AvgIpc) is 2.82. The second-order valence-electron chi connectivity index (χ2n) is 4.96. The summed E-state index contributed by atoms with van der Waals surface area (Å²) in [6.45, 7) is 5.34. The number of hydrogen-bond donors (Lipinski definition) is 2. The number of carbonyl (C=O) groups excluding carboxylic acids is 1. The largest absolute Gasteiger partial charge is 0.454 e. The molecule has 1 aromatic rings. The van der Waals surface area contributed by atoms with E-state index in [1.165, 1.54) is 0 Å². The Hall–Kier alpha value is -1.46. The van der Waals surface area contributed by atoms with Crippen molar-refractivity contribution >= 4 is 17.5 Å². The van der Waals surface area contributed by atoms with Crippen molar-refractivity contribution in [3.63, 3.8) is 0 Å². The van der Waals surface area contributed by atoms with Crippen LogP contribution in [0.1, 0.15) is 25.8 Å². The molecule has 2 N–H and O–H groups in total. The molecular weight excluding hydrogens is 280 g/mol. The maximum atomic E-state index is 11.5. The molecule has 1 aliphatic heterocycles. The number of benzene rings is 1. The third kappa shape index (κ3) is 4.02. The zero-order valence-electron chi connectivity index (χ0n) is 11.7. The molecule has 110 valence electrons. The van der Waals surface area contributed by atoms with Crippen LogP contribution in [0.2, 0.25) is 5.02 Å². The number of ether oxygens (including phenoxy) is 2. The highest BCUT2D eigenvalue weighted by atomic mass is 35.5. The van der Waals surface area contributed by atoms with Crippen LogP contribution in [0.25, 0.3) is 0 Å². The van der Waals surface area contributed by atoms with Gasteiger partial charge in [-0.2, -0.15) is 0 Å². The summed E-state index contributed by atoms with van der Waals surface area (Å²) in [5, 5.41) is 6.61. The summed E-state index contributed by atoms with van der Waals surface area (Å²) in [6, 6.07) is 3.92. The molecule has 5 nitrogen and oxygen atoms in total. The lowest BCUT2D eigenvalue weighted by Gasteiger charge is -2.09. The summed E-state index contributed by atoms with van der Waals surface area (Å²) in [4.78, 5) is 11.5. The van der Waals surface area contributed by atoms with E-state index in [4.69, 9.17) is 21.1 Å².